The SMILES string of the molecule is C#CC#Cc1c(-c2ccccc2)ccc(O)c1N. The molecule has 2 nitrogen and oxygen atoms in total. The van der Waals surface area contributed by atoms with Crippen molar-refractivity contribution in [2.75, 3.05) is 5.73 Å². The van der Waals surface area contributed by atoms with Crippen LogP contribution in [0.25, 0.3) is 11.1 Å². The molecule has 0 saturated carbocycles. The number of terminal acetylenes is 1. The first-order valence-electron chi connectivity index (χ1n) is 5.37. The van der Waals surface area contributed by atoms with E-state index in [1.54, 1.807) is 12.1 Å². The van der Waals surface area contributed by atoms with Gasteiger partial charge in [-0.15, -0.1) is 6.42 Å². The number of benzene rings is 2. The lowest BCUT2D eigenvalue weighted by Crippen LogP contribution is -1.94. The van der Waals surface area contributed by atoms with Gasteiger partial charge >= 0.3 is 0 Å². The lowest BCUT2D eigenvalue weighted by molar-refractivity contribution is 0.478. The third-order valence-corrected chi connectivity index (χ3v) is 2.57. The Kier molecular flexibility index (Phi) is 3.23. The summed E-state index contributed by atoms with van der Waals surface area (Å²) in [4.78, 5) is 0. The average Bonchev–Trinajstić information content (AvgIpc) is 2.41. The van der Waals surface area contributed by atoms with E-state index in [1.165, 1.54) is 0 Å². The normalized spacial score (nSPS) is 9.06. The highest BCUT2D eigenvalue weighted by atomic mass is 16.3. The summed E-state index contributed by atoms with van der Waals surface area (Å²) in [6.45, 7) is 0. The summed E-state index contributed by atoms with van der Waals surface area (Å²) in [5.74, 6) is 7.58. The van der Waals surface area contributed by atoms with Crippen molar-refractivity contribution < 1.29 is 5.11 Å². The van der Waals surface area contributed by atoms with Gasteiger partial charge in [-0.25, -0.2) is 0 Å². The van der Waals surface area contributed by atoms with Crippen molar-refractivity contribution in [3.05, 3.63) is 48.0 Å². The zero-order valence-electron chi connectivity index (χ0n) is 9.64. The summed E-state index contributed by atoms with van der Waals surface area (Å²) < 4.78 is 0. The summed E-state index contributed by atoms with van der Waals surface area (Å²) in [6, 6.07) is 13.0. The van der Waals surface area contributed by atoms with Crippen LogP contribution in [-0.2, 0) is 0 Å². The van der Waals surface area contributed by atoms with Crippen molar-refractivity contribution in [2.24, 2.45) is 0 Å². The molecule has 0 aliphatic carbocycles. The molecule has 2 rings (SSSR count). The molecule has 2 heteroatoms. The van der Waals surface area contributed by atoms with E-state index < -0.39 is 0 Å². The van der Waals surface area contributed by atoms with E-state index in [1.807, 2.05) is 30.3 Å². The summed E-state index contributed by atoms with van der Waals surface area (Å²) in [5, 5.41) is 9.63. The van der Waals surface area contributed by atoms with Gasteiger partial charge in [0.15, 0.2) is 0 Å². The van der Waals surface area contributed by atoms with Crippen molar-refractivity contribution in [2.45, 2.75) is 0 Å². The van der Waals surface area contributed by atoms with Gasteiger partial charge in [0, 0.05) is 0 Å². The first-order valence-corrected chi connectivity index (χ1v) is 5.37. The smallest absolute Gasteiger partial charge is 0.139 e. The van der Waals surface area contributed by atoms with Gasteiger partial charge in [0.2, 0.25) is 0 Å². The summed E-state index contributed by atoms with van der Waals surface area (Å²) >= 11 is 0. The molecule has 0 bridgehead atoms. The zero-order chi connectivity index (χ0) is 13.0. The van der Waals surface area contributed by atoms with Crippen LogP contribution in [0.2, 0.25) is 0 Å². The number of nitrogens with two attached hydrogens (primary N) is 1. The van der Waals surface area contributed by atoms with Crippen molar-refractivity contribution >= 4 is 5.69 Å². The quantitative estimate of drug-likeness (QED) is 0.452. The second kappa shape index (κ2) is 4.99. The van der Waals surface area contributed by atoms with Gasteiger partial charge in [-0.1, -0.05) is 30.3 Å². The predicted octanol–water partition coefficient (Wildman–Crippen LogP) is 2.63. The summed E-state index contributed by atoms with van der Waals surface area (Å²) in [5.41, 5.74) is 8.48. The Bertz CT molecular complexity index is 670. The molecule has 0 spiro atoms. The van der Waals surface area contributed by atoms with Gasteiger partial charge in [-0.05, 0) is 41.0 Å². The van der Waals surface area contributed by atoms with E-state index in [2.05, 4.69) is 17.8 Å². The Morgan fingerprint density at radius 2 is 1.78 bits per heavy atom. The molecule has 0 aliphatic rings. The van der Waals surface area contributed by atoms with Crippen LogP contribution < -0.4 is 5.73 Å². The van der Waals surface area contributed by atoms with Gasteiger partial charge in [0.1, 0.15) is 5.75 Å². The molecule has 86 valence electrons. The molecule has 0 aliphatic heterocycles. The van der Waals surface area contributed by atoms with Crippen LogP contribution in [0.1, 0.15) is 5.56 Å². The van der Waals surface area contributed by atoms with Crippen LogP contribution in [0, 0.1) is 24.2 Å². The number of aromatic hydroxyl groups is 1. The van der Waals surface area contributed by atoms with E-state index in [-0.39, 0.29) is 11.4 Å². The first-order chi connectivity index (χ1) is 8.74. The summed E-state index contributed by atoms with van der Waals surface area (Å²) in [7, 11) is 0. The van der Waals surface area contributed by atoms with Crippen molar-refractivity contribution in [1.29, 1.82) is 0 Å². The number of rotatable bonds is 1. The molecule has 18 heavy (non-hydrogen) atoms. The van der Waals surface area contributed by atoms with Crippen molar-refractivity contribution in [3.8, 4) is 41.1 Å². The number of phenolic OH excluding ortho intramolecular Hbond substituents is 1. The highest BCUT2D eigenvalue weighted by Crippen LogP contribution is 2.32. The van der Waals surface area contributed by atoms with Crippen LogP contribution in [-0.4, -0.2) is 5.11 Å². The number of hydrogen-bond donors (Lipinski definition) is 2. The number of phenols is 1. The van der Waals surface area contributed by atoms with Crippen LogP contribution in [0.3, 0.4) is 0 Å². The third-order valence-electron chi connectivity index (χ3n) is 2.57. The minimum absolute atomic E-state index is 0.0102. The minimum atomic E-state index is 0.0102. The van der Waals surface area contributed by atoms with E-state index in [9.17, 15) is 5.11 Å². The standard InChI is InChI=1S/C16H11NO/c1-2-3-9-14-13(10-11-15(18)16(14)17)12-7-5-4-6-8-12/h1,4-8,10-11,18H,17H2. The molecule has 0 radical (unpaired) electrons. The van der Waals surface area contributed by atoms with Crippen LogP contribution in [0.15, 0.2) is 42.5 Å². The Balaban J connectivity index is 2.69. The maximum atomic E-state index is 9.63. The van der Waals surface area contributed by atoms with Gasteiger partial charge < -0.3 is 10.8 Å². The van der Waals surface area contributed by atoms with Gasteiger partial charge in [-0.2, -0.15) is 0 Å². The second-order valence-electron chi connectivity index (χ2n) is 3.68. The summed E-state index contributed by atoms with van der Waals surface area (Å²) in [6.07, 6.45) is 5.13. The Morgan fingerprint density at radius 3 is 2.44 bits per heavy atom. The highest BCUT2D eigenvalue weighted by Gasteiger charge is 2.09. The molecule has 0 fully saturated rings. The Labute approximate surface area is 106 Å². The maximum absolute atomic E-state index is 9.63. The lowest BCUT2D eigenvalue weighted by atomic mass is 9.98. The topological polar surface area (TPSA) is 46.2 Å². The monoisotopic (exact) mass is 233 g/mol. The molecule has 0 heterocycles. The maximum Gasteiger partial charge on any atom is 0.139 e. The minimum Gasteiger partial charge on any atom is -0.506 e. The predicted molar refractivity (Wildman–Crippen MR) is 73.7 cm³/mol. The molecular weight excluding hydrogens is 222 g/mol. The molecule has 0 atom stereocenters. The second-order valence-corrected chi connectivity index (χ2v) is 3.68. The number of hydrogen-bond acceptors (Lipinski definition) is 2. The third kappa shape index (κ3) is 2.14. The van der Waals surface area contributed by atoms with E-state index in [0.717, 1.165) is 11.1 Å². The largest absolute Gasteiger partial charge is 0.506 e. The van der Waals surface area contributed by atoms with E-state index >= 15 is 0 Å². The van der Waals surface area contributed by atoms with E-state index in [4.69, 9.17) is 12.2 Å². The zero-order valence-corrected chi connectivity index (χ0v) is 9.64. The highest BCUT2D eigenvalue weighted by molar-refractivity contribution is 5.80. The van der Waals surface area contributed by atoms with Gasteiger partial charge in [-0.3, -0.25) is 0 Å². The number of anilines is 1. The van der Waals surface area contributed by atoms with Crippen molar-refractivity contribution in [1.82, 2.24) is 0 Å². The van der Waals surface area contributed by atoms with E-state index in [0.29, 0.717) is 5.56 Å². The molecular formula is C16H11NO. The molecule has 2 aromatic rings. The molecule has 3 N–H and O–H groups in total. The fourth-order valence-electron chi connectivity index (χ4n) is 1.70. The molecule has 0 saturated heterocycles. The Morgan fingerprint density at radius 1 is 1.06 bits per heavy atom. The average molecular weight is 233 g/mol. The number of nitrogen functional groups attached to an aromatic ring is 1. The first kappa shape index (κ1) is 11.6. The van der Waals surface area contributed by atoms with Crippen molar-refractivity contribution in [3.63, 3.8) is 0 Å². The fraction of sp³-hybridized carbons (Fsp3) is 0. The van der Waals surface area contributed by atoms with Crippen LogP contribution in [0.5, 0.6) is 5.75 Å². The lowest BCUT2D eigenvalue weighted by Gasteiger charge is -2.09. The van der Waals surface area contributed by atoms with Gasteiger partial charge in [0.25, 0.3) is 0 Å². The van der Waals surface area contributed by atoms with Crippen LogP contribution >= 0.6 is 0 Å². The van der Waals surface area contributed by atoms with Crippen LogP contribution in [0.4, 0.5) is 5.69 Å². The molecule has 0 unspecified atom stereocenters. The fourth-order valence-corrected chi connectivity index (χ4v) is 1.70. The Hall–Kier alpha value is -2.84. The molecule has 0 amide bonds. The molecule has 2 aromatic carbocycles. The molecule has 0 aromatic heterocycles. The van der Waals surface area contributed by atoms with Gasteiger partial charge in [0.05, 0.1) is 11.3 Å².